The second kappa shape index (κ2) is 6.91. The Morgan fingerprint density at radius 1 is 1.44 bits per heavy atom. The molecule has 25 heavy (non-hydrogen) atoms. The predicted octanol–water partition coefficient (Wildman–Crippen LogP) is 1.31. The van der Waals surface area contributed by atoms with Crippen LogP contribution in [-0.4, -0.2) is 42.1 Å². The highest BCUT2D eigenvalue weighted by atomic mass is 16.6. The van der Waals surface area contributed by atoms with Gasteiger partial charge in [-0.2, -0.15) is 0 Å². The van der Waals surface area contributed by atoms with Crippen molar-refractivity contribution in [2.24, 2.45) is 0 Å². The highest BCUT2D eigenvalue weighted by Crippen LogP contribution is 2.21. The Bertz CT molecular complexity index is 915. The van der Waals surface area contributed by atoms with Crippen molar-refractivity contribution in [2.45, 2.75) is 13.5 Å². The number of carbonyl (C=O) groups is 1. The van der Waals surface area contributed by atoms with E-state index in [0.29, 0.717) is 24.5 Å². The van der Waals surface area contributed by atoms with Gasteiger partial charge in [0.2, 0.25) is 0 Å². The first-order valence-corrected chi connectivity index (χ1v) is 7.47. The molecule has 0 unspecified atom stereocenters. The van der Waals surface area contributed by atoms with Gasteiger partial charge in [0.15, 0.2) is 0 Å². The maximum atomic E-state index is 12.1. The number of amides is 1. The molecule has 0 aliphatic heterocycles. The maximum Gasteiger partial charge on any atom is 0.270 e. The molecule has 0 aliphatic rings. The summed E-state index contributed by atoms with van der Waals surface area (Å²) in [7, 11) is 0. The van der Waals surface area contributed by atoms with Crippen LogP contribution in [-0.2, 0) is 6.54 Å². The van der Waals surface area contributed by atoms with Crippen LogP contribution in [0.1, 0.15) is 16.3 Å². The van der Waals surface area contributed by atoms with Crippen molar-refractivity contribution in [1.29, 1.82) is 0 Å². The molecule has 10 nitrogen and oxygen atoms in total. The summed E-state index contributed by atoms with van der Waals surface area (Å²) < 4.78 is 1.82. The van der Waals surface area contributed by atoms with E-state index in [4.69, 9.17) is 0 Å². The summed E-state index contributed by atoms with van der Waals surface area (Å²) in [5.41, 5.74) is 0.777. The lowest BCUT2D eigenvalue weighted by Gasteiger charge is -2.05. The summed E-state index contributed by atoms with van der Waals surface area (Å²) in [5, 5.41) is 21.2. The Hall–Kier alpha value is -3.56. The lowest BCUT2D eigenvalue weighted by atomic mass is 10.2. The molecule has 3 rings (SSSR count). The van der Waals surface area contributed by atoms with Crippen molar-refractivity contribution in [3.8, 4) is 11.4 Å². The number of aryl methyl sites for hydroxylation is 1. The van der Waals surface area contributed by atoms with Crippen LogP contribution in [0.4, 0.5) is 5.69 Å². The highest BCUT2D eigenvalue weighted by Gasteiger charge is 2.13. The molecular weight excluding hydrogens is 326 g/mol. The molecule has 0 saturated carbocycles. The number of rotatable bonds is 6. The largest absolute Gasteiger partial charge is 0.349 e. The molecule has 2 N–H and O–H groups in total. The molecule has 1 aromatic carbocycles. The first-order chi connectivity index (χ1) is 12.0. The van der Waals surface area contributed by atoms with Gasteiger partial charge in [-0.25, -0.2) is 4.98 Å². The summed E-state index contributed by atoms with van der Waals surface area (Å²) in [6, 6.07) is 6.04. The number of nitro groups is 1. The minimum atomic E-state index is -0.479. The molecule has 0 atom stereocenters. The van der Waals surface area contributed by atoms with E-state index in [0.717, 1.165) is 5.82 Å². The fraction of sp³-hybridized carbons (Fsp3) is 0.200. The number of carbonyl (C=O) groups excluding carboxylic acids is 1. The number of nitro benzene ring substituents is 1. The summed E-state index contributed by atoms with van der Waals surface area (Å²) >= 11 is 0. The van der Waals surface area contributed by atoms with Crippen LogP contribution in [0.5, 0.6) is 0 Å². The second-order valence-electron chi connectivity index (χ2n) is 5.28. The standard InChI is InChI=1S/C15H15N7O3/c1-10-20-18-9-21(10)6-5-16-15(23)13-8-17-14(19-13)11-3-2-4-12(7-11)22(24)25/h2-4,7-9H,5-6H2,1H3,(H,16,23)(H,17,19). The van der Waals surface area contributed by atoms with Gasteiger partial charge in [0, 0.05) is 30.8 Å². The summed E-state index contributed by atoms with van der Waals surface area (Å²) in [5.74, 6) is 0.849. The van der Waals surface area contributed by atoms with E-state index in [-0.39, 0.29) is 17.3 Å². The molecule has 2 aromatic heterocycles. The zero-order valence-electron chi connectivity index (χ0n) is 13.3. The van der Waals surface area contributed by atoms with Gasteiger partial charge < -0.3 is 14.9 Å². The van der Waals surface area contributed by atoms with Crippen molar-refractivity contribution < 1.29 is 9.72 Å². The molecule has 0 bridgehead atoms. The third-order valence-electron chi connectivity index (χ3n) is 3.60. The highest BCUT2D eigenvalue weighted by molar-refractivity contribution is 5.92. The van der Waals surface area contributed by atoms with Gasteiger partial charge in [0.1, 0.15) is 23.7 Å². The molecule has 2 heterocycles. The molecule has 3 aromatic rings. The molecule has 0 aliphatic carbocycles. The Morgan fingerprint density at radius 2 is 2.28 bits per heavy atom. The number of hydrogen-bond acceptors (Lipinski definition) is 6. The van der Waals surface area contributed by atoms with Gasteiger partial charge >= 0.3 is 0 Å². The number of H-pyrrole nitrogens is 1. The number of nitrogens with one attached hydrogen (secondary N) is 2. The van der Waals surface area contributed by atoms with Crippen LogP contribution in [0.25, 0.3) is 11.4 Å². The van der Waals surface area contributed by atoms with E-state index in [2.05, 4.69) is 25.5 Å². The van der Waals surface area contributed by atoms with Gasteiger partial charge in [0.05, 0.1) is 11.1 Å². The Kier molecular flexibility index (Phi) is 4.50. The quantitative estimate of drug-likeness (QED) is 0.513. The van der Waals surface area contributed by atoms with Crippen LogP contribution in [0.2, 0.25) is 0 Å². The van der Waals surface area contributed by atoms with Crippen LogP contribution >= 0.6 is 0 Å². The zero-order chi connectivity index (χ0) is 17.8. The Morgan fingerprint density at radius 3 is 3.00 bits per heavy atom. The van der Waals surface area contributed by atoms with Crippen LogP contribution in [0.15, 0.2) is 36.8 Å². The van der Waals surface area contributed by atoms with E-state index in [1.165, 1.54) is 18.3 Å². The summed E-state index contributed by atoms with van der Waals surface area (Å²) in [6.45, 7) is 2.79. The topological polar surface area (TPSA) is 132 Å². The number of hydrogen-bond donors (Lipinski definition) is 2. The summed E-state index contributed by atoms with van der Waals surface area (Å²) in [4.78, 5) is 29.5. The molecule has 0 radical (unpaired) electrons. The molecule has 1 amide bonds. The molecule has 10 heteroatoms. The first kappa shape index (κ1) is 16.3. The van der Waals surface area contributed by atoms with Crippen molar-refractivity contribution in [2.75, 3.05) is 6.54 Å². The fourth-order valence-electron chi connectivity index (χ4n) is 2.27. The minimum Gasteiger partial charge on any atom is -0.349 e. The van der Waals surface area contributed by atoms with Crippen molar-refractivity contribution >= 4 is 11.6 Å². The lowest BCUT2D eigenvalue weighted by molar-refractivity contribution is -0.384. The van der Waals surface area contributed by atoms with Gasteiger partial charge in [-0.05, 0) is 6.92 Å². The first-order valence-electron chi connectivity index (χ1n) is 7.47. The van der Waals surface area contributed by atoms with Gasteiger partial charge in [0.25, 0.3) is 11.6 Å². The number of nitrogens with zero attached hydrogens (tertiary/aromatic N) is 5. The van der Waals surface area contributed by atoms with Crippen molar-refractivity contribution in [3.05, 3.63) is 58.4 Å². The third-order valence-corrected chi connectivity index (χ3v) is 3.60. The van der Waals surface area contributed by atoms with E-state index < -0.39 is 4.92 Å². The maximum absolute atomic E-state index is 12.1. The number of imidazole rings is 1. The number of aromatic amines is 1. The number of benzene rings is 1. The molecular formula is C15H15N7O3. The molecule has 0 spiro atoms. The summed E-state index contributed by atoms with van der Waals surface area (Å²) in [6.07, 6.45) is 2.99. The SMILES string of the molecule is Cc1nncn1CCNC(=O)c1cnc(-c2cccc([N+](=O)[O-])c2)[nH]1. The van der Waals surface area contributed by atoms with Gasteiger partial charge in [-0.3, -0.25) is 14.9 Å². The lowest BCUT2D eigenvalue weighted by Crippen LogP contribution is -2.27. The average molecular weight is 341 g/mol. The van der Waals surface area contributed by atoms with E-state index in [9.17, 15) is 14.9 Å². The zero-order valence-corrected chi connectivity index (χ0v) is 13.3. The van der Waals surface area contributed by atoms with Gasteiger partial charge in [-0.15, -0.1) is 10.2 Å². The van der Waals surface area contributed by atoms with E-state index in [1.54, 1.807) is 18.5 Å². The molecule has 128 valence electrons. The number of aromatic nitrogens is 5. The smallest absolute Gasteiger partial charge is 0.270 e. The Labute approximate surface area is 142 Å². The third kappa shape index (κ3) is 3.68. The normalized spacial score (nSPS) is 10.6. The minimum absolute atomic E-state index is 0.0378. The van der Waals surface area contributed by atoms with Crippen LogP contribution in [0.3, 0.4) is 0 Å². The van der Waals surface area contributed by atoms with Crippen molar-refractivity contribution in [1.82, 2.24) is 30.0 Å². The second-order valence-corrected chi connectivity index (χ2v) is 5.28. The fourth-order valence-corrected chi connectivity index (χ4v) is 2.27. The predicted molar refractivity (Wildman–Crippen MR) is 87.8 cm³/mol. The Balaban J connectivity index is 1.64. The van der Waals surface area contributed by atoms with Crippen LogP contribution in [0, 0.1) is 17.0 Å². The van der Waals surface area contributed by atoms with E-state index >= 15 is 0 Å². The number of non-ortho nitro benzene ring substituents is 1. The van der Waals surface area contributed by atoms with Crippen LogP contribution < -0.4 is 5.32 Å². The average Bonchev–Trinajstić information content (AvgIpc) is 3.24. The molecule has 0 fully saturated rings. The van der Waals surface area contributed by atoms with E-state index in [1.807, 2.05) is 11.5 Å². The molecule has 0 saturated heterocycles. The monoisotopic (exact) mass is 341 g/mol. The van der Waals surface area contributed by atoms with Gasteiger partial charge in [-0.1, -0.05) is 12.1 Å². The van der Waals surface area contributed by atoms with Crippen molar-refractivity contribution in [3.63, 3.8) is 0 Å².